The minimum atomic E-state index is -0.915. The molecule has 1 fully saturated rings. The second-order valence-corrected chi connectivity index (χ2v) is 7.21. The molecule has 0 spiro atoms. The number of benzene rings is 2. The first-order chi connectivity index (χ1) is 12.6. The normalized spacial score (nSPS) is 15.1. The van der Waals surface area contributed by atoms with Crippen molar-refractivity contribution in [1.29, 1.82) is 0 Å². The van der Waals surface area contributed by atoms with Crippen molar-refractivity contribution in [3.05, 3.63) is 47.0 Å². The number of methoxy groups -OCH3 is 1. The molecule has 136 valence electrons. The predicted octanol–water partition coefficient (Wildman–Crippen LogP) is 5.83. The highest BCUT2D eigenvalue weighted by Gasteiger charge is 2.23. The first kappa shape index (κ1) is 17.3. The molecule has 6 heteroatoms. The zero-order chi connectivity index (χ0) is 18.3. The maximum atomic E-state index is 14.4. The Hall–Kier alpha value is -2.14. The monoisotopic (exact) mass is 376 g/mol. The van der Waals surface area contributed by atoms with Gasteiger partial charge in [0.05, 0.1) is 18.2 Å². The summed E-state index contributed by atoms with van der Waals surface area (Å²) in [6.45, 7) is 0.725. The largest absolute Gasteiger partial charge is 0.496 e. The average molecular weight is 377 g/mol. The molecule has 1 aliphatic rings. The summed E-state index contributed by atoms with van der Waals surface area (Å²) in [7, 11) is 1.55. The van der Waals surface area contributed by atoms with Gasteiger partial charge in [-0.05, 0) is 49.1 Å². The van der Waals surface area contributed by atoms with Crippen molar-refractivity contribution < 1.29 is 13.5 Å². The van der Waals surface area contributed by atoms with E-state index in [1.807, 2.05) is 10.6 Å². The standard InChI is InChI=1S/C20H19ClF2N2O/c1-26-17-10-13(21)6-7-14(17)20-24-19-16(9-8-15(22)18(19)23)25(20)11-12-4-2-3-5-12/h6-10,12H,2-5,11H2,1H3. The van der Waals surface area contributed by atoms with Crippen LogP contribution >= 0.6 is 11.6 Å². The predicted molar refractivity (Wildman–Crippen MR) is 98.6 cm³/mol. The molecule has 0 aliphatic heterocycles. The van der Waals surface area contributed by atoms with Crippen molar-refractivity contribution in [2.75, 3.05) is 7.11 Å². The smallest absolute Gasteiger partial charge is 0.186 e. The molecule has 26 heavy (non-hydrogen) atoms. The molecular formula is C20H19ClF2N2O. The van der Waals surface area contributed by atoms with Crippen LogP contribution in [0.2, 0.25) is 5.02 Å². The van der Waals surface area contributed by atoms with Crippen molar-refractivity contribution in [1.82, 2.24) is 9.55 Å². The SMILES string of the molecule is COc1cc(Cl)ccc1-c1nc2c(F)c(F)ccc2n1CC1CCCC1. The Balaban J connectivity index is 1.94. The van der Waals surface area contributed by atoms with E-state index in [1.165, 1.54) is 12.8 Å². The number of hydrogen-bond acceptors (Lipinski definition) is 2. The Bertz CT molecular complexity index is 964. The third kappa shape index (κ3) is 2.94. The third-order valence-electron chi connectivity index (χ3n) is 5.13. The fourth-order valence-electron chi connectivity index (χ4n) is 3.83. The second-order valence-electron chi connectivity index (χ2n) is 6.77. The topological polar surface area (TPSA) is 27.1 Å². The van der Waals surface area contributed by atoms with Gasteiger partial charge in [-0.1, -0.05) is 24.4 Å². The molecule has 2 aromatic carbocycles. The van der Waals surface area contributed by atoms with Crippen LogP contribution in [0.15, 0.2) is 30.3 Å². The molecule has 1 aromatic heterocycles. The van der Waals surface area contributed by atoms with Gasteiger partial charge in [-0.2, -0.15) is 0 Å². The fraction of sp³-hybridized carbons (Fsp3) is 0.350. The van der Waals surface area contributed by atoms with Crippen LogP contribution in [0.4, 0.5) is 8.78 Å². The number of ether oxygens (including phenoxy) is 1. The van der Waals surface area contributed by atoms with Crippen LogP contribution in [0.25, 0.3) is 22.4 Å². The molecule has 0 amide bonds. The number of nitrogens with zero attached hydrogens (tertiary/aromatic N) is 2. The van der Waals surface area contributed by atoms with Gasteiger partial charge in [0.25, 0.3) is 0 Å². The van der Waals surface area contributed by atoms with E-state index in [4.69, 9.17) is 16.3 Å². The second kappa shape index (κ2) is 6.88. The number of hydrogen-bond donors (Lipinski definition) is 0. The number of aromatic nitrogens is 2. The summed E-state index contributed by atoms with van der Waals surface area (Å²) in [5, 5.41) is 0.543. The van der Waals surface area contributed by atoms with Gasteiger partial charge in [0.15, 0.2) is 11.6 Å². The molecular weight excluding hydrogens is 358 g/mol. The van der Waals surface area contributed by atoms with Gasteiger partial charge in [-0.25, -0.2) is 13.8 Å². The van der Waals surface area contributed by atoms with Gasteiger partial charge in [-0.15, -0.1) is 0 Å². The Labute approximate surface area is 155 Å². The summed E-state index contributed by atoms with van der Waals surface area (Å²) in [5.41, 5.74) is 1.36. The molecule has 3 nitrogen and oxygen atoms in total. The molecule has 0 atom stereocenters. The van der Waals surface area contributed by atoms with E-state index in [9.17, 15) is 8.78 Å². The Morgan fingerprint density at radius 1 is 1.19 bits per heavy atom. The summed E-state index contributed by atoms with van der Waals surface area (Å²) in [4.78, 5) is 4.45. The number of halogens is 3. The molecule has 0 saturated heterocycles. The molecule has 0 N–H and O–H groups in total. The van der Waals surface area contributed by atoms with Crippen LogP contribution in [-0.2, 0) is 6.54 Å². The van der Waals surface area contributed by atoms with Crippen LogP contribution in [0.1, 0.15) is 25.7 Å². The van der Waals surface area contributed by atoms with Crippen molar-refractivity contribution in [2.24, 2.45) is 5.92 Å². The van der Waals surface area contributed by atoms with E-state index in [0.717, 1.165) is 25.5 Å². The van der Waals surface area contributed by atoms with Gasteiger partial charge in [0.1, 0.15) is 17.1 Å². The highest BCUT2D eigenvalue weighted by atomic mass is 35.5. The molecule has 0 bridgehead atoms. The van der Waals surface area contributed by atoms with E-state index in [2.05, 4.69) is 4.98 Å². The lowest BCUT2D eigenvalue weighted by molar-refractivity contribution is 0.415. The Morgan fingerprint density at radius 2 is 1.96 bits per heavy atom. The highest BCUT2D eigenvalue weighted by molar-refractivity contribution is 6.30. The summed E-state index contributed by atoms with van der Waals surface area (Å²) in [5.74, 6) is -0.164. The van der Waals surface area contributed by atoms with Crippen LogP contribution in [0.5, 0.6) is 5.75 Å². The van der Waals surface area contributed by atoms with Gasteiger partial charge in [-0.3, -0.25) is 0 Å². The Kier molecular flexibility index (Phi) is 4.57. The van der Waals surface area contributed by atoms with E-state index < -0.39 is 11.6 Å². The number of fused-ring (bicyclic) bond motifs is 1. The summed E-state index contributed by atoms with van der Waals surface area (Å²) in [6, 6.07) is 8.01. The molecule has 0 unspecified atom stereocenters. The lowest BCUT2D eigenvalue weighted by Crippen LogP contribution is -2.09. The van der Waals surface area contributed by atoms with Gasteiger partial charge >= 0.3 is 0 Å². The molecule has 4 rings (SSSR count). The molecule has 0 radical (unpaired) electrons. The summed E-state index contributed by atoms with van der Waals surface area (Å²) >= 11 is 6.07. The first-order valence-electron chi connectivity index (χ1n) is 8.76. The van der Waals surface area contributed by atoms with Crippen molar-refractivity contribution >= 4 is 22.6 Å². The van der Waals surface area contributed by atoms with Gasteiger partial charge < -0.3 is 9.30 Å². The van der Waals surface area contributed by atoms with E-state index in [1.54, 1.807) is 25.3 Å². The van der Waals surface area contributed by atoms with Gasteiger partial charge in [0.2, 0.25) is 0 Å². The Morgan fingerprint density at radius 3 is 2.69 bits per heavy atom. The quantitative estimate of drug-likeness (QED) is 0.572. The lowest BCUT2D eigenvalue weighted by Gasteiger charge is -2.16. The molecule has 1 aliphatic carbocycles. The van der Waals surface area contributed by atoms with E-state index >= 15 is 0 Å². The van der Waals surface area contributed by atoms with Crippen molar-refractivity contribution in [2.45, 2.75) is 32.2 Å². The van der Waals surface area contributed by atoms with Crippen molar-refractivity contribution in [3.8, 4) is 17.1 Å². The van der Waals surface area contributed by atoms with Crippen LogP contribution in [0.3, 0.4) is 0 Å². The fourth-order valence-corrected chi connectivity index (χ4v) is 3.99. The highest BCUT2D eigenvalue weighted by Crippen LogP contribution is 2.36. The maximum Gasteiger partial charge on any atom is 0.186 e. The number of imidazole rings is 1. The van der Waals surface area contributed by atoms with Gasteiger partial charge in [0, 0.05) is 11.6 Å². The van der Waals surface area contributed by atoms with E-state index in [0.29, 0.717) is 33.6 Å². The average Bonchev–Trinajstić information content (AvgIpc) is 3.27. The summed E-state index contributed by atoms with van der Waals surface area (Å²) < 4.78 is 35.5. The van der Waals surface area contributed by atoms with Crippen molar-refractivity contribution in [3.63, 3.8) is 0 Å². The zero-order valence-corrected chi connectivity index (χ0v) is 15.2. The molecule has 3 aromatic rings. The number of rotatable bonds is 4. The third-order valence-corrected chi connectivity index (χ3v) is 5.37. The van der Waals surface area contributed by atoms with Crippen LogP contribution in [0, 0.1) is 17.6 Å². The first-order valence-corrected chi connectivity index (χ1v) is 9.14. The molecule has 1 saturated carbocycles. The zero-order valence-electron chi connectivity index (χ0n) is 14.4. The minimum Gasteiger partial charge on any atom is -0.496 e. The van der Waals surface area contributed by atoms with Crippen LogP contribution in [-0.4, -0.2) is 16.7 Å². The summed E-state index contributed by atoms with van der Waals surface area (Å²) in [6.07, 6.45) is 4.70. The lowest BCUT2D eigenvalue weighted by atomic mass is 10.1. The molecule has 1 heterocycles. The van der Waals surface area contributed by atoms with E-state index in [-0.39, 0.29) is 5.52 Å². The van der Waals surface area contributed by atoms with Crippen LogP contribution < -0.4 is 4.74 Å². The minimum absolute atomic E-state index is 0.0509. The maximum absolute atomic E-state index is 14.4.